The molecular formula is C23H28FNO3. The van der Waals surface area contributed by atoms with Gasteiger partial charge in [0, 0.05) is 6.54 Å². The average Bonchev–Trinajstić information content (AvgIpc) is 2.65. The van der Waals surface area contributed by atoms with E-state index < -0.39 is 5.41 Å². The van der Waals surface area contributed by atoms with E-state index >= 15 is 0 Å². The Labute approximate surface area is 166 Å². The van der Waals surface area contributed by atoms with Crippen LogP contribution in [0, 0.1) is 5.82 Å². The topological polar surface area (TPSA) is 47.6 Å². The normalized spacial score (nSPS) is 14.8. The predicted octanol–water partition coefficient (Wildman–Crippen LogP) is 4.40. The van der Waals surface area contributed by atoms with Crippen LogP contribution in [0.2, 0.25) is 0 Å². The number of rotatable bonds is 9. The molecular weight excluding hydrogens is 357 g/mol. The lowest BCUT2D eigenvalue weighted by Gasteiger charge is -2.40. The van der Waals surface area contributed by atoms with Gasteiger partial charge in [-0.15, -0.1) is 0 Å². The van der Waals surface area contributed by atoms with Crippen molar-refractivity contribution in [2.24, 2.45) is 0 Å². The molecule has 1 N–H and O–H groups in total. The van der Waals surface area contributed by atoms with Crippen molar-refractivity contribution in [2.45, 2.75) is 44.9 Å². The van der Waals surface area contributed by atoms with Gasteiger partial charge in [-0.3, -0.25) is 4.79 Å². The zero-order valence-electron chi connectivity index (χ0n) is 16.6. The lowest BCUT2D eigenvalue weighted by Crippen LogP contribution is -2.49. The van der Waals surface area contributed by atoms with Gasteiger partial charge in [-0.05, 0) is 68.5 Å². The molecule has 1 fully saturated rings. The second kappa shape index (κ2) is 9.09. The molecule has 0 unspecified atom stereocenters. The van der Waals surface area contributed by atoms with Gasteiger partial charge in [-0.1, -0.05) is 24.6 Å². The maximum absolute atomic E-state index is 13.2. The molecule has 4 nitrogen and oxygen atoms in total. The Balaban J connectivity index is 1.61. The van der Waals surface area contributed by atoms with Crippen LogP contribution in [0.5, 0.6) is 11.5 Å². The first-order chi connectivity index (χ1) is 13.6. The van der Waals surface area contributed by atoms with Crippen molar-refractivity contribution in [1.82, 2.24) is 5.32 Å². The van der Waals surface area contributed by atoms with Crippen molar-refractivity contribution in [2.75, 3.05) is 19.8 Å². The van der Waals surface area contributed by atoms with Gasteiger partial charge < -0.3 is 14.8 Å². The summed E-state index contributed by atoms with van der Waals surface area (Å²) < 4.78 is 24.5. The molecule has 3 rings (SSSR count). The fourth-order valence-electron chi connectivity index (χ4n) is 3.69. The van der Waals surface area contributed by atoms with Crippen LogP contribution >= 0.6 is 0 Å². The van der Waals surface area contributed by atoms with E-state index in [2.05, 4.69) is 5.32 Å². The van der Waals surface area contributed by atoms with E-state index in [-0.39, 0.29) is 11.7 Å². The predicted molar refractivity (Wildman–Crippen MR) is 107 cm³/mol. The molecule has 28 heavy (non-hydrogen) atoms. The summed E-state index contributed by atoms with van der Waals surface area (Å²) in [6.45, 7) is 5.58. The SMILES string of the molecule is CCOc1ccc(CCNC(=O)C2(c3ccc(F)cc3)CCC2)cc1OCC. The summed E-state index contributed by atoms with van der Waals surface area (Å²) in [5.41, 5.74) is 1.47. The van der Waals surface area contributed by atoms with Crippen LogP contribution < -0.4 is 14.8 Å². The summed E-state index contributed by atoms with van der Waals surface area (Å²) in [6.07, 6.45) is 3.34. The Morgan fingerprint density at radius 2 is 1.71 bits per heavy atom. The highest BCUT2D eigenvalue weighted by Crippen LogP contribution is 2.44. The van der Waals surface area contributed by atoms with E-state index in [9.17, 15) is 9.18 Å². The number of hydrogen-bond donors (Lipinski definition) is 1. The van der Waals surface area contributed by atoms with Crippen molar-refractivity contribution in [3.05, 3.63) is 59.4 Å². The largest absolute Gasteiger partial charge is 0.490 e. The molecule has 0 atom stereocenters. The number of benzene rings is 2. The lowest BCUT2D eigenvalue weighted by atomic mass is 9.64. The molecule has 0 aromatic heterocycles. The standard InChI is InChI=1S/C23H28FNO3/c1-3-27-20-11-6-17(16-21(20)28-4-2)12-15-25-22(26)23(13-5-14-23)18-7-9-19(24)10-8-18/h6-11,16H,3-5,12-15H2,1-2H3,(H,25,26). The first kappa shape index (κ1) is 20.2. The molecule has 0 saturated heterocycles. The molecule has 0 spiro atoms. The zero-order valence-corrected chi connectivity index (χ0v) is 16.6. The van der Waals surface area contributed by atoms with Gasteiger partial charge in [0.05, 0.1) is 18.6 Å². The maximum atomic E-state index is 13.2. The summed E-state index contributed by atoms with van der Waals surface area (Å²) in [6, 6.07) is 12.2. The molecule has 5 heteroatoms. The Bertz CT molecular complexity index is 800. The molecule has 1 aliphatic rings. The van der Waals surface area contributed by atoms with E-state index in [0.717, 1.165) is 41.9 Å². The van der Waals surface area contributed by atoms with Crippen LogP contribution in [0.4, 0.5) is 4.39 Å². The summed E-state index contributed by atoms with van der Waals surface area (Å²) >= 11 is 0. The molecule has 2 aromatic rings. The molecule has 150 valence electrons. The zero-order chi connectivity index (χ0) is 20.0. The van der Waals surface area contributed by atoms with Crippen LogP contribution in [-0.4, -0.2) is 25.7 Å². The van der Waals surface area contributed by atoms with Gasteiger partial charge in [0.1, 0.15) is 5.82 Å². The molecule has 0 aliphatic heterocycles. The highest BCUT2D eigenvalue weighted by Gasteiger charge is 2.45. The fraction of sp³-hybridized carbons (Fsp3) is 0.435. The Morgan fingerprint density at radius 3 is 2.32 bits per heavy atom. The van der Waals surface area contributed by atoms with Gasteiger partial charge >= 0.3 is 0 Å². The molecule has 1 saturated carbocycles. The number of carbonyl (C=O) groups is 1. The maximum Gasteiger partial charge on any atom is 0.230 e. The quantitative estimate of drug-likeness (QED) is 0.696. The Kier molecular flexibility index (Phi) is 6.55. The number of ether oxygens (including phenoxy) is 2. The van der Waals surface area contributed by atoms with Gasteiger partial charge in [0.2, 0.25) is 5.91 Å². The van der Waals surface area contributed by atoms with Gasteiger partial charge in [-0.2, -0.15) is 0 Å². The highest BCUT2D eigenvalue weighted by molar-refractivity contribution is 5.89. The third kappa shape index (κ3) is 4.29. The molecule has 1 amide bonds. The van der Waals surface area contributed by atoms with Gasteiger partial charge in [-0.25, -0.2) is 4.39 Å². The van der Waals surface area contributed by atoms with Gasteiger partial charge in [0.25, 0.3) is 0 Å². The number of carbonyl (C=O) groups excluding carboxylic acids is 1. The minimum atomic E-state index is -0.511. The van der Waals surface area contributed by atoms with Crippen molar-refractivity contribution in [3.8, 4) is 11.5 Å². The summed E-state index contributed by atoms with van der Waals surface area (Å²) in [5.74, 6) is 1.22. The van der Waals surface area contributed by atoms with Crippen molar-refractivity contribution in [1.29, 1.82) is 0 Å². The summed E-state index contributed by atoms with van der Waals surface area (Å²) in [5, 5.41) is 3.07. The second-order valence-corrected chi connectivity index (χ2v) is 7.10. The van der Waals surface area contributed by atoms with Crippen molar-refractivity contribution < 1.29 is 18.7 Å². The van der Waals surface area contributed by atoms with E-state index in [0.29, 0.717) is 26.2 Å². The Hall–Kier alpha value is -2.56. The molecule has 2 aromatic carbocycles. The molecule has 0 bridgehead atoms. The number of halogens is 1. The highest BCUT2D eigenvalue weighted by atomic mass is 19.1. The second-order valence-electron chi connectivity index (χ2n) is 7.10. The number of hydrogen-bond acceptors (Lipinski definition) is 3. The van der Waals surface area contributed by atoms with E-state index in [1.54, 1.807) is 12.1 Å². The van der Waals surface area contributed by atoms with Crippen LogP contribution in [0.15, 0.2) is 42.5 Å². The van der Waals surface area contributed by atoms with Crippen LogP contribution in [0.25, 0.3) is 0 Å². The van der Waals surface area contributed by atoms with Crippen molar-refractivity contribution >= 4 is 5.91 Å². The monoisotopic (exact) mass is 385 g/mol. The van der Waals surface area contributed by atoms with E-state index in [1.807, 2.05) is 32.0 Å². The van der Waals surface area contributed by atoms with Crippen LogP contribution in [0.3, 0.4) is 0 Å². The summed E-state index contributed by atoms with van der Waals surface area (Å²) in [7, 11) is 0. The smallest absolute Gasteiger partial charge is 0.230 e. The minimum Gasteiger partial charge on any atom is -0.490 e. The molecule has 1 aliphatic carbocycles. The summed E-state index contributed by atoms with van der Waals surface area (Å²) in [4.78, 5) is 12.9. The average molecular weight is 385 g/mol. The van der Waals surface area contributed by atoms with E-state index in [1.165, 1.54) is 12.1 Å². The van der Waals surface area contributed by atoms with Crippen LogP contribution in [0.1, 0.15) is 44.2 Å². The Morgan fingerprint density at radius 1 is 1.04 bits per heavy atom. The number of amides is 1. The molecule has 0 heterocycles. The van der Waals surface area contributed by atoms with E-state index in [4.69, 9.17) is 9.47 Å². The fourth-order valence-corrected chi connectivity index (χ4v) is 3.69. The first-order valence-electron chi connectivity index (χ1n) is 10.0. The minimum absolute atomic E-state index is 0.0290. The third-order valence-electron chi connectivity index (χ3n) is 5.35. The first-order valence-corrected chi connectivity index (χ1v) is 10.0. The third-order valence-corrected chi connectivity index (χ3v) is 5.35. The van der Waals surface area contributed by atoms with Gasteiger partial charge in [0.15, 0.2) is 11.5 Å². The lowest BCUT2D eigenvalue weighted by molar-refractivity contribution is -0.129. The number of nitrogens with one attached hydrogen (secondary N) is 1. The van der Waals surface area contributed by atoms with Crippen LogP contribution in [-0.2, 0) is 16.6 Å². The molecule has 0 radical (unpaired) electrons. The van der Waals surface area contributed by atoms with Crippen molar-refractivity contribution in [3.63, 3.8) is 0 Å².